The summed E-state index contributed by atoms with van der Waals surface area (Å²) >= 11 is 0. The molecule has 0 aromatic rings. The van der Waals surface area contributed by atoms with Crippen LogP contribution in [0.25, 0.3) is 0 Å². The molecule has 0 radical (unpaired) electrons. The van der Waals surface area contributed by atoms with Crippen LogP contribution in [0.5, 0.6) is 0 Å². The van der Waals surface area contributed by atoms with Gasteiger partial charge in [0, 0.05) is 0 Å². The molecule has 0 aromatic carbocycles. The molecule has 42 heavy (non-hydrogen) atoms. The van der Waals surface area contributed by atoms with Crippen LogP contribution < -0.4 is 768 Å². The first kappa shape index (κ1) is 217. The number of hydrogen-bond donors (Lipinski definition) is 8. The fourth-order valence-corrected chi connectivity index (χ4v) is 0. The number of rotatable bonds is 0. The molecule has 0 saturated carbocycles. The predicted molar refractivity (Wildman–Crippen MR) is 71.5 cm³/mol. The van der Waals surface area contributed by atoms with Gasteiger partial charge < -0.3 is 77.9 Å². The van der Waals surface area contributed by atoms with Crippen LogP contribution in [0.3, 0.4) is 0 Å². The Labute approximate surface area is 863 Å². The zero-order valence-corrected chi connectivity index (χ0v) is 85.2. The van der Waals surface area contributed by atoms with Crippen molar-refractivity contribution in [1.29, 1.82) is 0 Å². The second-order valence-corrected chi connectivity index (χ2v) is 1.13. The van der Waals surface area contributed by atoms with E-state index in [1.807, 2.05) is 0 Å². The maximum atomic E-state index is 8.56. The van der Waals surface area contributed by atoms with Crippen molar-refractivity contribution in [1.82, 2.24) is 0 Å². The Bertz CT molecular complexity index is 259. The molecule has 0 aliphatic heterocycles. The first-order valence-corrected chi connectivity index (χ1v) is 2.61. The molecule has 0 atom stereocenters. The first-order chi connectivity index (χ1) is 6.93. The zero-order valence-electron chi connectivity index (χ0n) is 59.2. The molecule has 0 aliphatic carbocycles. The summed E-state index contributed by atoms with van der Waals surface area (Å²) in [4.78, 5) is 34.2. The molecule has 0 spiro atoms. The molecule has 0 heterocycles. The molecule has 0 aromatic heterocycles. The minimum absolute atomic E-state index is 0. The van der Waals surface area contributed by atoms with E-state index >= 15 is 0 Å². The Hall–Kier alpha value is 23.1. The van der Waals surface area contributed by atoms with Crippen LogP contribution >= 0.6 is 0 Å². The summed E-state index contributed by atoms with van der Waals surface area (Å²) in [6, 6.07) is 0. The summed E-state index contributed by atoms with van der Waals surface area (Å²) in [5.41, 5.74) is 0. The Morgan fingerprint density at radius 2 is 0.190 bits per heavy atom. The minimum atomic E-state index is -1.83. The predicted octanol–water partition coefficient (Wildman–Crippen LogP) is -74.1. The molecular formula is C4H34Na26O12. The number of carbonyl (C=O) groups is 4. The van der Waals surface area contributed by atoms with Crippen LogP contribution in [0.1, 0.15) is 37.1 Å². The quantitative estimate of drug-likeness (QED) is 0.106. The van der Waals surface area contributed by atoms with Crippen molar-refractivity contribution in [3.05, 3.63) is 0 Å². The van der Waals surface area contributed by atoms with Crippen LogP contribution in [-0.2, 0) is 0 Å². The van der Waals surface area contributed by atoms with Gasteiger partial charge in [-0.3, -0.25) is 0 Å². The van der Waals surface area contributed by atoms with E-state index in [-0.39, 0.29) is 806 Å². The molecular weight excluding hydrogens is 838 g/mol. The zero-order chi connectivity index (χ0) is 14.3. The van der Waals surface area contributed by atoms with Crippen LogP contribution in [0.15, 0.2) is 0 Å². The smallest absolute Gasteiger partial charge is 1.00 e. The number of hydrogen-bond acceptors (Lipinski definition) is 4. The fourth-order valence-electron chi connectivity index (χ4n) is 0. The summed E-state index contributed by atoms with van der Waals surface area (Å²) < 4.78 is 0. The van der Waals surface area contributed by atoms with Gasteiger partial charge in [0.2, 0.25) is 0 Å². The van der Waals surface area contributed by atoms with Crippen molar-refractivity contribution in [2.75, 3.05) is 0 Å². The monoisotopic (exact) mass is 872 g/mol. The van der Waals surface area contributed by atoms with Crippen LogP contribution in [-0.4, -0.2) is 65.5 Å². The average Bonchev–Trinajstić information content (AvgIpc) is 1.76. The maximum absolute atomic E-state index is 8.56. The molecule has 12 nitrogen and oxygen atoms in total. The standard InChI is InChI=1S/4CH2O3.26Na.26H/c4*2-1(3)4;;;;;;;;;;;;;;;;;;;;;;;;;;;;;;;;;;;;;;;;;;;;;;;;;;;;/h4*(H2,2,3,4);;;;;;;;;;;;;;;;;;;;;;;;;;;;;;;;;;;;;;;;;;;;;;;;;;;;/q;;;;26*+1;26*-1. The summed E-state index contributed by atoms with van der Waals surface area (Å²) in [7, 11) is 0. The van der Waals surface area contributed by atoms with Crippen LogP contribution in [0, 0.1) is 0 Å². The first-order valence-electron chi connectivity index (χ1n) is 2.61. The van der Waals surface area contributed by atoms with E-state index in [1.54, 1.807) is 0 Å². The van der Waals surface area contributed by atoms with Gasteiger partial charge in [-0.05, 0) is 0 Å². The Morgan fingerprint density at radius 3 is 0.190 bits per heavy atom. The summed E-state index contributed by atoms with van der Waals surface area (Å²) in [6.07, 6.45) is -7.33. The Balaban J connectivity index is -0.000000000417. The van der Waals surface area contributed by atoms with E-state index in [0.717, 1.165) is 0 Å². The van der Waals surface area contributed by atoms with Gasteiger partial charge >= 0.3 is 793 Å². The van der Waals surface area contributed by atoms with Gasteiger partial charge in [0.15, 0.2) is 0 Å². The molecule has 38 heteroatoms. The van der Waals surface area contributed by atoms with Gasteiger partial charge in [-0.1, -0.05) is 0 Å². The average molecular weight is 872 g/mol. The van der Waals surface area contributed by atoms with Crippen molar-refractivity contribution in [2.24, 2.45) is 0 Å². The van der Waals surface area contributed by atoms with Gasteiger partial charge in [-0.15, -0.1) is 0 Å². The summed E-state index contributed by atoms with van der Waals surface area (Å²) in [5.74, 6) is 0. The van der Waals surface area contributed by atoms with Gasteiger partial charge in [-0.2, -0.15) is 0 Å². The largest absolute Gasteiger partial charge is 1.00 e. The molecule has 148 valence electrons. The molecule has 0 aliphatic rings. The van der Waals surface area contributed by atoms with Crippen molar-refractivity contribution in [2.45, 2.75) is 0 Å². The third-order valence-electron chi connectivity index (χ3n) is 0. The third-order valence-corrected chi connectivity index (χ3v) is 0. The van der Waals surface area contributed by atoms with E-state index in [2.05, 4.69) is 0 Å². The van der Waals surface area contributed by atoms with Crippen molar-refractivity contribution >= 4 is 24.6 Å². The van der Waals surface area contributed by atoms with Gasteiger partial charge in [0.05, 0.1) is 0 Å². The number of carboxylic acid groups (broad SMARTS) is 8. The molecule has 0 bridgehead atoms. The second kappa shape index (κ2) is 207. The fraction of sp³-hybridized carbons (Fsp3) is 0. The molecule has 0 fully saturated rings. The van der Waals surface area contributed by atoms with Gasteiger partial charge in [0.25, 0.3) is 0 Å². The molecule has 0 unspecified atom stereocenters. The second-order valence-electron chi connectivity index (χ2n) is 1.13. The minimum Gasteiger partial charge on any atom is -1.00 e. The van der Waals surface area contributed by atoms with Gasteiger partial charge in [-0.25, -0.2) is 19.2 Å². The molecule has 0 amide bonds. The van der Waals surface area contributed by atoms with E-state index in [9.17, 15) is 0 Å². The topological polar surface area (TPSA) is 230 Å². The Morgan fingerprint density at radius 1 is 0.190 bits per heavy atom. The van der Waals surface area contributed by atoms with Gasteiger partial charge in [0.1, 0.15) is 0 Å². The van der Waals surface area contributed by atoms with Crippen LogP contribution in [0.2, 0.25) is 0 Å². The van der Waals surface area contributed by atoms with Crippen LogP contribution in [0.4, 0.5) is 19.2 Å². The molecule has 0 rings (SSSR count). The summed E-state index contributed by atoms with van der Waals surface area (Å²) in [5, 5.41) is 55.8. The van der Waals surface area contributed by atoms with E-state index in [0.29, 0.717) is 0 Å². The van der Waals surface area contributed by atoms with Crippen molar-refractivity contribution in [3.63, 3.8) is 0 Å². The third kappa shape index (κ3) is 456. The maximum Gasteiger partial charge on any atom is 1.00 e. The Kier molecular flexibility index (Phi) is 1070. The molecule has 0 saturated heterocycles. The van der Waals surface area contributed by atoms with Crippen molar-refractivity contribution < 1.29 is 866 Å². The van der Waals surface area contributed by atoms with E-state index in [1.165, 1.54) is 0 Å². The van der Waals surface area contributed by atoms with E-state index in [4.69, 9.17) is 60.0 Å². The van der Waals surface area contributed by atoms with E-state index < -0.39 is 24.6 Å². The normalized spacial score (nSPS) is 2.29. The summed E-state index contributed by atoms with van der Waals surface area (Å²) in [6.45, 7) is 0. The molecule has 8 N–H and O–H groups in total. The van der Waals surface area contributed by atoms with Crippen molar-refractivity contribution in [3.8, 4) is 0 Å². The SMILES string of the molecule is O=C(O)O.O=C(O)O.O=C(O)O.O=C(O)O.[H-].[H-].[H-].[H-].[H-].[H-].[H-].[H-].[H-].[H-].[H-].[H-].[H-].[H-].[H-].[H-].[H-].[H-].[H-].[H-].[H-].[H-].[H-].[H-].[H-].[H-].[Na+].[Na+].[Na+].[Na+].[Na+].[Na+].[Na+].[Na+].[Na+].[Na+].[Na+].[Na+].[Na+].[Na+].[Na+].[Na+].[Na+].[Na+].[Na+].[Na+].[Na+].[Na+].[Na+].[Na+].[Na+].[Na+].